The quantitative estimate of drug-likeness (QED) is 0.892. The first-order valence-electron chi connectivity index (χ1n) is 5.19. The number of anilines is 3. The summed E-state index contributed by atoms with van der Waals surface area (Å²) in [5.41, 5.74) is 7.82. The molecule has 17 heavy (non-hydrogen) atoms. The van der Waals surface area contributed by atoms with Crippen LogP contribution < -0.4 is 11.1 Å². The number of halogens is 1. The predicted octanol–water partition coefficient (Wildman–Crippen LogP) is 3.18. The average Bonchev–Trinajstić information content (AvgIpc) is 2.22. The molecule has 0 aliphatic rings. The number of aromatic nitrogens is 2. The van der Waals surface area contributed by atoms with E-state index in [-0.39, 0.29) is 0 Å². The molecule has 0 fully saturated rings. The zero-order chi connectivity index (χ0) is 12.4. The standard InChI is InChI=1S/C12H13BrN4/c1-7-3-4-9(13)5-10(7)17-12-6-11(14)15-8(2)16-12/h3-6H,1-2H3,(H3,14,15,16,17). The lowest BCUT2D eigenvalue weighted by Crippen LogP contribution is -2.01. The Labute approximate surface area is 108 Å². The van der Waals surface area contributed by atoms with Crippen LogP contribution >= 0.6 is 15.9 Å². The van der Waals surface area contributed by atoms with E-state index in [1.807, 2.05) is 32.0 Å². The van der Waals surface area contributed by atoms with Crippen molar-refractivity contribution in [3.63, 3.8) is 0 Å². The number of nitrogens with zero attached hydrogens (tertiary/aromatic N) is 2. The van der Waals surface area contributed by atoms with Crippen molar-refractivity contribution in [1.82, 2.24) is 9.97 Å². The Kier molecular flexibility index (Phi) is 3.28. The molecular weight excluding hydrogens is 280 g/mol. The van der Waals surface area contributed by atoms with Crippen molar-refractivity contribution in [1.29, 1.82) is 0 Å². The molecule has 2 rings (SSSR count). The van der Waals surface area contributed by atoms with Crippen molar-refractivity contribution in [3.8, 4) is 0 Å². The van der Waals surface area contributed by atoms with Crippen LogP contribution in [0.25, 0.3) is 0 Å². The smallest absolute Gasteiger partial charge is 0.136 e. The highest BCUT2D eigenvalue weighted by molar-refractivity contribution is 9.10. The summed E-state index contributed by atoms with van der Waals surface area (Å²) < 4.78 is 1.02. The van der Waals surface area contributed by atoms with Crippen LogP contribution in [0, 0.1) is 13.8 Å². The minimum atomic E-state index is 0.465. The second-order valence-electron chi connectivity index (χ2n) is 3.81. The Morgan fingerprint density at radius 1 is 1.18 bits per heavy atom. The van der Waals surface area contributed by atoms with Crippen molar-refractivity contribution in [3.05, 3.63) is 40.1 Å². The van der Waals surface area contributed by atoms with E-state index in [4.69, 9.17) is 5.73 Å². The SMILES string of the molecule is Cc1nc(N)cc(Nc2cc(Br)ccc2C)n1. The zero-order valence-electron chi connectivity index (χ0n) is 9.66. The first kappa shape index (κ1) is 11.9. The van der Waals surface area contributed by atoms with Crippen LogP contribution in [-0.4, -0.2) is 9.97 Å². The number of hydrogen-bond acceptors (Lipinski definition) is 4. The number of nitrogen functional groups attached to an aromatic ring is 1. The maximum Gasteiger partial charge on any atom is 0.136 e. The molecule has 1 aromatic carbocycles. The molecule has 88 valence electrons. The van der Waals surface area contributed by atoms with Gasteiger partial charge in [-0.3, -0.25) is 0 Å². The minimum absolute atomic E-state index is 0.465. The molecule has 1 heterocycles. The van der Waals surface area contributed by atoms with Gasteiger partial charge in [-0.2, -0.15) is 0 Å². The molecule has 4 nitrogen and oxygen atoms in total. The van der Waals surface area contributed by atoms with Gasteiger partial charge in [0.05, 0.1) is 0 Å². The van der Waals surface area contributed by atoms with Crippen molar-refractivity contribution in [2.24, 2.45) is 0 Å². The van der Waals surface area contributed by atoms with E-state index < -0.39 is 0 Å². The van der Waals surface area contributed by atoms with Crippen LogP contribution in [-0.2, 0) is 0 Å². The fraction of sp³-hybridized carbons (Fsp3) is 0.167. The lowest BCUT2D eigenvalue weighted by molar-refractivity contribution is 1.06. The maximum absolute atomic E-state index is 5.68. The first-order chi connectivity index (χ1) is 8.04. The molecule has 0 aliphatic carbocycles. The molecule has 0 bridgehead atoms. The molecule has 0 unspecified atom stereocenters. The molecule has 2 aromatic rings. The van der Waals surface area contributed by atoms with Gasteiger partial charge in [0.15, 0.2) is 0 Å². The summed E-state index contributed by atoms with van der Waals surface area (Å²) in [6.45, 7) is 3.85. The highest BCUT2D eigenvalue weighted by Gasteiger charge is 2.03. The van der Waals surface area contributed by atoms with Crippen LogP contribution in [0.1, 0.15) is 11.4 Å². The highest BCUT2D eigenvalue weighted by Crippen LogP contribution is 2.24. The molecule has 0 atom stereocenters. The van der Waals surface area contributed by atoms with Gasteiger partial charge in [0.25, 0.3) is 0 Å². The average molecular weight is 293 g/mol. The second-order valence-corrected chi connectivity index (χ2v) is 4.73. The summed E-state index contributed by atoms with van der Waals surface area (Å²) in [7, 11) is 0. The molecule has 0 saturated carbocycles. The van der Waals surface area contributed by atoms with Gasteiger partial charge in [0.2, 0.25) is 0 Å². The Morgan fingerprint density at radius 2 is 1.94 bits per heavy atom. The van der Waals surface area contributed by atoms with Gasteiger partial charge in [-0.15, -0.1) is 0 Å². The third-order valence-corrected chi connectivity index (χ3v) is 2.81. The number of rotatable bonds is 2. The monoisotopic (exact) mass is 292 g/mol. The van der Waals surface area contributed by atoms with Gasteiger partial charge in [-0.1, -0.05) is 22.0 Å². The van der Waals surface area contributed by atoms with E-state index in [1.165, 1.54) is 0 Å². The molecule has 0 saturated heterocycles. The lowest BCUT2D eigenvalue weighted by Gasteiger charge is -2.10. The predicted molar refractivity (Wildman–Crippen MR) is 73.3 cm³/mol. The van der Waals surface area contributed by atoms with Gasteiger partial charge in [-0.05, 0) is 31.5 Å². The molecule has 3 N–H and O–H groups in total. The molecule has 0 radical (unpaired) electrons. The van der Waals surface area contributed by atoms with Gasteiger partial charge < -0.3 is 11.1 Å². The summed E-state index contributed by atoms with van der Waals surface area (Å²) >= 11 is 3.44. The third kappa shape index (κ3) is 2.94. The van der Waals surface area contributed by atoms with Gasteiger partial charge in [0.1, 0.15) is 17.5 Å². The summed E-state index contributed by atoms with van der Waals surface area (Å²) in [5, 5.41) is 3.23. The molecule has 0 spiro atoms. The normalized spacial score (nSPS) is 10.3. The van der Waals surface area contributed by atoms with Crippen molar-refractivity contribution in [2.75, 3.05) is 11.1 Å². The fourth-order valence-electron chi connectivity index (χ4n) is 1.52. The third-order valence-electron chi connectivity index (χ3n) is 2.32. The molecule has 5 heteroatoms. The lowest BCUT2D eigenvalue weighted by atomic mass is 10.2. The zero-order valence-corrected chi connectivity index (χ0v) is 11.2. The van der Waals surface area contributed by atoms with Crippen LogP contribution in [0.3, 0.4) is 0 Å². The Balaban J connectivity index is 2.34. The number of hydrogen-bond donors (Lipinski definition) is 2. The topological polar surface area (TPSA) is 63.8 Å². The van der Waals surface area contributed by atoms with E-state index in [0.717, 1.165) is 15.7 Å². The molecule has 0 amide bonds. The Morgan fingerprint density at radius 3 is 2.65 bits per heavy atom. The van der Waals surface area contributed by atoms with Gasteiger partial charge in [0, 0.05) is 16.2 Å². The molecular formula is C12H13BrN4. The van der Waals surface area contributed by atoms with E-state index in [1.54, 1.807) is 6.07 Å². The number of nitrogens with two attached hydrogens (primary N) is 1. The Hall–Kier alpha value is -1.62. The summed E-state index contributed by atoms with van der Waals surface area (Å²) in [4.78, 5) is 8.32. The highest BCUT2D eigenvalue weighted by atomic mass is 79.9. The molecule has 0 aliphatic heterocycles. The fourth-order valence-corrected chi connectivity index (χ4v) is 1.88. The summed E-state index contributed by atoms with van der Waals surface area (Å²) in [6.07, 6.45) is 0. The Bertz CT molecular complexity index is 534. The second kappa shape index (κ2) is 4.71. The minimum Gasteiger partial charge on any atom is -0.384 e. The molecule has 1 aromatic heterocycles. The number of nitrogens with one attached hydrogen (secondary N) is 1. The van der Waals surface area contributed by atoms with E-state index >= 15 is 0 Å². The van der Waals surface area contributed by atoms with Crippen LogP contribution in [0.5, 0.6) is 0 Å². The van der Waals surface area contributed by atoms with E-state index in [9.17, 15) is 0 Å². The summed E-state index contributed by atoms with van der Waals surface area (Å²) in [5.74, 6) is 1.82. The van der Waals surface area contributed by atoms with Crippen LogP contribution in [0.15, 0.2) is 28.7 Å². The number of aryl methyl sites for hydroxylation is 2. The van der Waals surface area contributed by atoms with Gasteiger partial charge in [-0.25, -0.2) is 9.97 Å². The van der Waals surface area contributed by atoms with E-state index in [0.29, 0.717) is 17.5 Å². The van der Waals surface area contributed by atoms with Crippen LogP contribution in [0.2, 0.25) is 0 Å². The van der Waals surface area contributed by atoms with E-state index in [2.05, 4.69) is 31.2 Å². The first-order valence-corrected chi connectivity index (χ1v) is 5.98. The summed E-state index contributed by atoms with van der Waals surface area (Å²) in [6, 6.07) is 7.75. The van der Waals surface area contributed by atoms with Crippen molar-refractivity contribution < 1.29 is 0 Å². The van der Waals surface area contributed by atoms with Crippen molar-refractivity contribution >= 4 is 33.3 Å². The van der Waals surface area contributed by atoms with Gasteiger partial charge >= 0.3 is 0 Å². The van der Waals surface area contributed by atoms with Crippen molar-refractivity contribution in [2.45, 2.75) is 13.8 Å². The van der Waals surface area contributed by atoms with Crippen LogP contribution in [0.4, 0.5) is 17.3 Å². The maximum atomic E-state index is 5.68. The largest absolute Gasteiger partial charge is 0.384 e. The number of benzene rings is 1.